The Hall–Kier alpha value is -2.71. The van der Waals surface area contributed by atoms with E-state index in [1.807, 2.05) is 4.84 Å². The lowest BCUT2D eigenvalue weighted by Crippen LogP contribution is -2.59. The average molecular weight is 1070 g/mol. The van der Waals surface area contributed by atoms with E-state index in [-0.39, 0.29) is 118 Å². The summed E-state index contributed by atoms with van der Waals surface area (Å²) in [6, 6.07) is 0. The maximum atomic E-state index is 12.7. The fourth-order valence-electron chi connectivity index (χ4n) is 7.09. The normalized spacial score (nSPS) is 30.9. The van der Waals surface area contributed by atoms with E-state index in [1.54, 1.807) is 0 Å². The molecule has 0 aromatic heterocycles. The molecule has 0 aromatic carbocycles. The smallest absolute Gasteiger partial charge is 0.236 e. The van der Waals surface area contributed by atoms with Crippen molar-refractivity contribution in [2.75, 3.05) is 112 Å². The summed E-state index contributed by atoms with van der Waals surface area (Å²) >= 11 is 5.40. The Morgan fingerprint density at radius 1 is 0.403 bits per heavy atom. The van der Waals surface area contributed by atoms with Gasteiger partial charge in [0.05, 0.1) is 104 Å². The van der Waals surface area contributed by atoms with Crippen LogP contribution in [0.2, 0.25) is 0 Å². The number of hydrogen-bond donors (Lipinski definition) is 16. The van der Waals surface area contributed by atoms with Crippen molar-refractivity contribution >= 4 is 35.4 Å². The Balaban J connectivity index is 1.54. The van der Waals surface area contributed by atoms with Gasteiger partial charge < -0.3 is 125 Å². The van der Waals surface area contributed by atoms with Gasteiger partial charge in [-0.25, -0.2) is 0 Å². The minimum absolute atomic E-state index is 0.0686. The van der Waals surface area contributed by atoms with Gasteiger partial charge in [0.2, 0.25) is 23.6 Å². The number of amides is 4. The highest BCUT2D eigenvalue weighted by atomic mass is 35.5. The topological polar surface area (TPSA) is 451 Å². The van der Waals surface area contributed by atoms with Crippen LogP contribution in [0.25, 0.3) is 0 Å². The van der Waals surface area contributed by atoms with Gasteiger partial charge in [0.25, 0.3) is 0 Å². The minimum atomic E-state index is -1.65. The number of aliphatic hydroxyl groups excluding tert-OH is 12. The molecule has 16 N–H and O–H groups in total. The third-order valence-electron chi connectivity index (χ3n) is 11.3. The second-order valence-electron chi connectivity index (χ2n) is 17.0. The van der Waals surface area contributed by atoms with E-state index in [2.05, 4.69) is 16.0 Å². The Kier molecular flexibility index (Phi) is 30.1. The molecule has 3 rings (SSSR count). The van der Waals surface area contributed by atoms with Crippen LogP contribution in [-0.4, -0.2) is 289 Å². The lowest BCUT2D eigenvalue weighted by molar-refractivity contribution is -0.300. The molecule has 0 bridgehead atoms. The molecule has 0 unspecified atom stereocenters. The van der Waals surface area contributed by atoms with E-state index in [0.717, 1.165) is 0 Å². The highest BCUT2D eigenvalue weighted by molar-refractivity contribution is 6.21. The Morgan fingerprint density at radius 3 is 0.917 bits per heavy atom. The lowest BCUT2D eigenvalue weighted by atomic mass is 9.92. The van der Waals surface area contributed by atoms with Gasteiger partial charge >= 0.3 is 0 Å². The first-order chi connectivity index (χ1) is 34.4. The van der Waals surface area contributed by atoms with Crippen LogP contribution >= 0.6 is 11.8 Å². The van der Waals surface area contributed by atoms with Crippen LogP contribution < -0.4 is 20.8 Å². The van der Waals surface area contributed by atoms with E-state index < -0.39 is 141 Å². The van der Waals surface area contributed by atoms with Gasteiger partial charge in [0.1, 0.15) is 73.2 Å². The lowest BCUT2D eigenvalue weighted by Gasteiger charge is -2.39. The third kappa shape index (κ3) is 21.1. The van der Waals surface area contributed by atoms with Gasteiger partial charge in [-0.15, -0.1) is 0 Å². The highest BCUT2D eigenvalue weighted by Gasteiger charge is 2.46. The van der Waals surface area contributed by atoms with Gasteiger partial charge in [-0.05, 0) is 0 Å². The molecule has 0 saturated carbocycles. The Bertz CT molecular complexity index is 1410. The summed E-state index contributed by atoms with van der Waals surface area (Å²) in [5, 5.41) is 126. The van der Waals surface area contributed by atoms with E-state index in [9.17, 15) is 80.5 Å². The average Bonchev–Trinajstić information content (AvgIpc) is 3.37. The quantitative estimate of drug-likeness (QED) is 0.0207. The molecule has 0 aliphatic carbocycles. The van der Waals surface area contributed by atoms with Crippen molar-refractivity contribution in [2.45, 2.75) is 118 Å². The molecule has 420 valence electrons. The van der Waals surface area contributed by atoms with E-state index in [1.165, 1.54) is 0 Å². The summed E-state index contributed by atoms with van der Waals surface area (Å²) in [6.07, 6.45) is -22.9. The van der Waals surface area contributed by atoms with Crippen LogP contribution in [-0.2, 0) is 66.5 Å². The van der Waals surface area contributed by atoms with E-state index in [0.29, 0.717) is 0 Å². The number of carbonyl (C=O) groups excluding carboxylic acids is 4. The first-order valence-electron chi connectivity index (χ1n) is 23.2. The predicted octanol–water partition coefficient (Wildman–Crippen LogP) is -9.33. The van der Waals surface area contributed by atoms with Crippen LogP contribution in [0.5, 0.6) is 0 Å². The van der Waals surface area contributed by atoms with Gasteiger partial charge in [-0.3, -0.25) is 24.0 Å². The first kappa shape index (κ1) is 63.6. The second kappa shape index (κ2) is 34.1. The molecule has 30 nitrogen and oxygen atoms in total. The van der Waals surface area contributed by atoms with Crippen LogP contribution in [0.3, 0.4) is 0 Å². The number of hydrogen-bond acceptors (Lipinski definition) is 26. The fourth-order valence-corrected chi connectivity index (χ4v) is 7.18. The van der Waals surface area contributed by atoms with Gasteiger partial charge in [0, 0.05) is 50.7 Å². The molecular weight excluding hydrogens is 1000 g/mol. The van der Waals surface area contributed by atoms with Crippen LogP contribution in [0.1, 0.15) is 25.7 Å². The van der Waals surface area contributed by atoms with Crippen molar-refractivity contribution in [1.82, 2.24) is 20.8 Å². The summed E-state index contributed by atoms with van der Waals surface area (Å²) in [5.41, 5.74) is -1.20. The van der Waals surface area contributed by atoms with Crippen molar-refractivity contribution < 1.29 is 128 Å². The summed E-state index contributed by atoms with van der Waals surface area (Å²) < 4.78 is 55.4. The number of aliphatic hydroxyl groups is 12. The van der Waals surface area contributed by atoms with Crippen LogP contribution in [0, 0.1) is 5.41 Å². The third-order valence-corrected chi connectivity index (χ3v) is 11.5. The molecule has 3 saturated heterocycles. The first-order valence-corrected chi connectivity index (χ1v) is 23.6. The molecule has 3 aliphatic rings. The number of rotatable bonds is 35. The van der Waals surface area contributed by atoms with Crippen molar-refractivity contribution in [1.29, 1.82) is 0 Å². The summed E-state index contributed by atoms with van der Waals surface area (Å²) in [7, 11) is 0. The molecule has 3 heterocycles. The van der Waals surface area contributed by atoms with Crippen molar-refractivity contribution in [3.63, 3.8) is 0 Å². The zero-order valence-corrected chi connectivity index (χ0v) is 40.2. The summed E-state index contributed by atoms with van der Waals surface area (Å²) in [4.78, 5) is 51.8. The molecule has 0 spiro atoms. The molecule has 4 amide bonds. The molecule has 15 atom stereocenters. The van der Waals surface area contributed by atoms with Crippen molar-refractivity contribution in [2.24, 2.45) is 5.41 Å². The summed E-state index contributed by atoms with van der Waals surface area (Å²) in [6.45, 7) is -4.04. The molecule has 72 heavy (non-hydrogen) atoms. The zero-order chi connectivity index (χ0) is 53.2. The molecular formula is C41H73ClN4O26. The second-order valence-corrected chi connectivity index (χ2v) is 17.2. The minimum Gasteiger partial charge on any atom is -0.394 e. The van der Waals surface area contributed by atoms with E-state index >= 15 is 0 Å². The monoisotopic (exact) mass is 1070 g/mol. The summed E-state index contributed by atoms with van der Waals surface area (Å²) in [5.74, 6) is -1.99. The predicted molar refractivity (Wildman–Crippen MR) is 236 cm³/mol. The zero-order valence-electron chi connectivity index (χ0n) is 39.5. The van der Waals surface area contributed by atoms with Crippen LogP contribution in [0.4, 0.5) is 0 Å². The largest absolute Gasteiger partial charge is 0.394 e. The molecule has 0 aromatic rings. The van der Waals surface area contributed by atoms with Crippen molar-refractivity contribution in [3.05, 3.63) is 0 Å². The number of ether oxygens (including phenoxy) is 10. The Labute approximate surface area is 418 Å². The van der Waals surface area contributed by atoms with Crippen LogP contribution in [0.15, 0.2) is 0 Å². The number of carbonyl (C=O) groups is 4. The molecule has 0 radical (unpaired) electrons. The van der Waals surface area contributed by atoms with Gasteiger partial charge in [-0.1, -0.05) is 0 Å². The maximum absolute atomic E-state index is 12.7. The standard InChI is InChI=1S/C41H73ClN4O26/c42-46-28(53)4-11-66-21-41(18-63-8-1-25(50)43-5-12-67-38-35(60)32(57)29(54)22(15-47)70-38,19-64-9-2-26(51)44-6-13-68-39-36(61)33(58)30(55)23(16-48)71-39)20-65-10-3-27(52)45-7-14-69-40-37(62)34(59)31(56)24(17-49)72-40/h22-24,29-40,47-49,54-62H,1-21H2,(H,43,50)(H,44,51)(H,45,52)(H,46,53)/t22-,23-,24-,29-,30-,31-,32+,33+,34+,35+,36+,37+,38+,39+,40+/m1/s1. The van der Waals surface area contributed by atoms with Crippen molar-refractivity contribution in [3.8, 4) is 0 Å². The van der Waals surface area contributed by atoms with Gasteiger partial charge in [0.15, 0.2) is 18.9 Å². The molecule has 3 aliphatic heterocycles. The molecule has 3 fully saturated rings. The fraction of sp³-hybridized carbons (Fsp3) is 0.902. The SMILES string of the molecule is O=C(CCOCC(COCCC(=O)NCCO[C@H]1O[C@H](CO)[C@@H](O)[C@H](O)[C@@H]1O)(COCCC(=O)NCCO[C@H]1O[C@H](CO)[C@@H](O)[C@H](O)[C@@H]1O)COCCC(=O)NCCO[C@H]1O[C@H](CO)[C@@H](O)[C@H](O)[C@@H]1O)NCl. The Morgan fingerprint density at radius 2 is 0.667 bits per heavy atom. The highest BCUT2D eigenvalue weighted by Crippen LogP contribution is 2.25. The number of nitrogens with one attached hydrogen (secondary N) is 4. The van der Waals surface area contributed by atoms with Gasteiger partial charge in [-0.2, -0.15) is 0 Å². The number of halogens is 1. The maximum Gasteiger partial charge on any atom is 0.236 e. The van der Waals surface area contributed by atoms with E-state index in [4.69, 9.17) is 59.1 Å². The molecule has 31 heteroatoms.